The molecular formula is C26H35N3O2. The highest BCUT2D eigenvalue weighted by Gasteiger charge is 2.10. The Morgan fingerprint density at radius 2 is 1.81 bits per heavy atom. The zero-order valence-corrected chi connectivity index (χ0v) is 18.9. The topological polar surface area (TPSA) is 56.2 Å². The number of aromatic nitrogens is 2. The van der Waals surface area contributed by atoms with Gasteiger partial charge in [0.2, 0.25) is 5.91 Å². The number of para-hydroxylation sites is 2. The van der Waals surface area contributed by atoms with Crippen molar-refractivity contribution in [3.8, 4) is 5.75 Å². The largest absolute Gasteiger partial charge is 0.494 e. The summed E-state index contributed by atoms with van der Waals surface area (Å²) in [4.78, 5) is 16.2. The molecule has 0 bridgehead atoms. The average molecular weight is 422 g/mol. The number of rotatable bonds is 13. The van der Waals surface area contributed by atoms with Gasteiger partial charge in [0.1, 0.15) is 11.6 Å². The van der Waals surface area contributed by atoms with E-state index in [1.54, 1.807) is 0 Å². The molecule has 0 aliphatic rings. The van der Waals surface area contributed by atoms with E-state index in [4.69, 9.17) is 9.72 Å². The smallest absolute Gasteiger partial charge is 0.219 e. The van der Waals surface area contributed by atoms with Gasteiger partial charge in [0.05, 0.1) is 17.6 Å². The second kappa shape index (κ2) is 12.1. The molecule has 0 fully saturated rings. The summed E-state index contributed by atoms with van der Waals surface area (Å²) in [6, 6.07) is 16.7. The highest BCUT2D eigenvalue weighted by atomic mass is 16.5. The number of fused-ring (bicyclic) bond motifs is 1. The molecule has 0 aliphatic carbocycles. The lowest BCUT2D eigenvalue weighted by molar-refractivity contribution is -0.120. The molecule has 3 aromatic rings. The average Bonchev–Trinajstić information content (AvgIpc) is 3.16. The molecular weight excluding hydrogens is 386 g/mol. The predicted octanol–water partition coefficient (Wildman–Crippen LogP) is 5.31. The fourth-order valence-electron chi connectivity index (χ4n) is 3.74. The number of amides is 1. The molecule has 0 unspecified atom stereocenters. The lowest BCUT2D eigenvalue weighted by Crippen LogP contribution is -2.23. The molecule has 5 nitrogen and oxygen atoms in total. The van der Waals surface area contributed by atoms with Crippen LogP contribution in [0.25, 0.3) is 11.0 Å². The number of ether oxygens (including phenoxy) is 1. The summed E-state index contributed by atoms with van der Waals surface area (Å²) >= 11 is 0. The van der Waals surface area contributed by atoms with Crippen LogP contribution in [0.3, 0.4) is 0 Å². The number of hydrogen-bond acceptors (Lipinski definition) is 3. The monoisotopic (exact) mass is 421 g/mol. The summed E-state index contributed by atoms with van der Waals surface area (Å²) in [5, 5.41) is 2.94. The summed E-state index contributed by atoms with van der Waals surface area (Å²) in [6.07, 6.45) is 6.66. The van der Waals surface area contributed by atoms with Gasteiger partial charge in [-0.2, -0.15) is 0 Å². The first-order valence-corrected chi connectivity index (χ1v) is 11.6. The Morgan fingerprint density at radius 1 is 1.00 bits per heavy atom. The quantitative estimate of drug-likeness (QED) is 0.381. The van der Waals surface area contributed by atoms with E-state index < -0.39 is 0 Å². The van der Waals surface area contributed by atoms with Gasteiger partial charge in [0.25, 0.3) is 0 Å². The van der Waals surface area contributed by atoms with Crippen LogP contribution in [0.5, 0.6) is 5.75 Å². The van der Waals surface area contributed by atoms with Gasteiger partial charge in [-0.3, -0.25) is 4.79 Å². The van der Waals surface area contributed by atoms with Crippen LogP contribution in [0.15, 0.2) is 48.5 Å². The van der Waals surface area contributed by atoms with Gasteiger partial charge in [-0.05, 0) is 55.5 Å². The van der Waals surface area contributed by atoms with E-state index in [0.29, 0.717) is 13.0 Å². The minimum atomic E-state index is 0.130. The number of nitrogens with one attached hydrogen (secondary N) is 1. The molecule has 0 radical (unpaired) electrons. The third-order valence-corrected chi connectivity index (χ3v) is 5.58. The van der Waals surface area contributed by atoms with Crippen molar-refractivity contribution in [2.45, 2.75) is 65.3 Å². The van der Waals surface area contributed by atoms with Crippen LogP contribution in [-0.4, -0.2) is 28.6 Å². The van der Waals surface area contributed by atoms with Gasteiger partial charge in [0, 0.05) is 25.9 Å². The van der Waals surface area contributed by atoms with Crippen LogP contribution in [0.1, 0.15) is 57.3 Å². The van der Waals surface area contributed by atoms with Crippen molar-refractivity contribution in [1.82, 2.24) is 14.9 Å². The van der Waals surface area contributed by atoms with Crippen LogP contribution < -0.4 is 10.1 Å². The number of hydrogen-bond donors (Lipinski definition) is 1. The molecule has 2 aromatic carbocycles. The molecule has 166 valence electrons. The van der Waals surface area contributed by atoms with E-state index in [2.05, 4.69) is 59.3 Å². The summed E-state index contributed by atoms with van der Waals surface area (Å²) in [5.41, 5.74) is 3.58. The number of aryl methyl sites for hydroxylation is 3. The minimum Gasteiger partial charge on any atom is -0.494 e. The summed E-state index contributed by atoms with van der Waals surface area (Å²) in [6.45, 7) is 6.39. The van der Waals surface area contributed by atoms with Gasteiger partial charge in [-0.15, -0.1) is 0 Å². The Hall–Kier alpha value is -2.82. The lowest BCUT2D eigenvalue weighted by atomic mass is 10.2. The first-order valence-electron chi connectivity index (χ1n) is 11.6. The van der Waals surface area contributed by atoms with Crippen LogP contribution >= 0.6 is 0 Å². The molecule has 1 N–H and O–H groups in total. The lowest BCUT2D eigenvalue weighted by Gasteiger charge is -2.11. The van der Waals surface area contributed by atoms with Crippen LogP contribution in [0.2, 0.25) is 0 Å². The van der Waals surface area contributed by atoms with Crippen molar-refractivity contribution in [3.05, 3.63) is 59.9 Å². The summed E-state index contributed by atoms with van der Waals surface area (Å²) < 4.78 is 8.29. The van der Waals surface area contributed by atoms with Crippen LogP contribution in [-0.2, 0) is 24.2 Å². The second-order valence-electron chi connectivity index (χ2n) is 7.88. The summed E-state index contributed by atoms with van der Waals surface area (Å²) in [7, 11) is 0. The Bertz CT molecular complexity index is 947. The SMILES string of the molecule is CCC(=O)NCCCCCc1nc2ccccc2n1CCCOc1ccc(CC)cc1. The zero-order chi connectivity index (χ0) is 21.9. The minimum absolute atomic E-state index is 0.130. The molecule has 0 saturated carbocycles. The Balaban J connectivity index is 1.50. The van der Waals surface area contributed by atoms with Crippen molar-refractivity contribution >= 4 is 16.9 Å². The Kier molecular flexibility index (Phi) is 8.95. The molecule has 0 spiro atoms. The van der Waals surface area contributed by atoms with E-state index in [9.17, 15) is 4.79 Å². The van der Waals surface area contributed by atoms with Gasteiger partial charge in [-0.1, -0.05) is 44.5 Å². The molecule has 1 heterocycles. The molecule has 1 amide bonds. The molecule has 5 heteroatoms. The standard InChI is InChI=1S/C26H35N3O2/c1-3-21-14-16-22(17-15-21)31-20-10-19-29-24-12-8-7-11-23(24)28-25(29)13-6-5-9-18-27-26(30)4-2/h7-8,11-12,14-17H,3-6,9-10,13,18-20H2,1-2H3,(H,27,30). The van der Waals surface area contributed by atoms with E-state index in [-0.39, 0.29) is 5.91 Å². The van der Waals surface area contributed by atoms with Gasteiger partial charge >= 0.3 is 0 Å². The van der Waals surface area contributed by atoms with Gasteiger partial charge < -0.3 is 14.6 Å². The molecule has 1 aromatic heterocycles. The maximum absolute atomic E-state index is 11.3. The molecule has 31 heavy (non-hydrogen) atoms. The third kappa shape index (κ3) is 6.84. The summed E-state index contributed by atoms with van der Waals surface area (Å²) in [5.74, 6) is 2.21. The van der Waals surface area contributed by atoms with E-state index >= 15 is 0 Å². The first-order chi connectivity index (χ1) is 15.2. The molecule has 0 saturated heterocycles. The normalized spacial score (nSPS) is 11.0. The Labute approximate surface area is 185 Å². The number of imidazole rings is 1. The number of carbonyl (C=O) groups excluding carboxylic acids is 1. The van der Waals surface area contributed by atoms with Gasteiger partial charge in [-0.25, -0.2) is 4.98 Å². The zero-order valence-electron chi connectivity index (χ0n) is 18.9. The highest BCUT2D eigenvalue weighted by Crippen LogP contribution is 2.19. The van der Waals surface area contributed by atoms with Crippen molar-refractivity contribution in [2.75, 3.05) is 13.2 Å². The second-order valence-corrected chi connectivity index (χ2v) is 7.88. The first kappa shape index (κ1) is 22.9. The van der Waals surface area contributed by atoms with E-state index in [0.717, 1.165) is 68.7 Å². The van der Waals surface area contributed by atoms with E-state index in [1.807, 2.05) is 13.0 Å². The van der Waals surface area contributed by atoms with Crippen molar-refractivity contribution in [3.63, 3.8) is 0 Å². The maximum Gasteiger partial charge on any atom is 0.219 e. The Morgan fingerprint density at radius 3 is 2.58 bits per heavy atom. The number of unbranched alkanes of at least 4 members (excludes halogenated alkanes) is 2. The van der Waals surface area contributed by atoms with Crippen molar-refractivity contribution < 1.29 is 9.53 Å². The number of benzene rings is 2. The van der Waals surface area contributed by atoms with Crippen LogP contribution in [0, 0.1) is 0 Å². The maximum atomic E-state index is 11.3. The fraction of sp³-hybridized carbons (Fsp3) is 0.462. The fourth-order valence-corrected chi connectivity index (χ4v) is 3.74. The highest BCUT2D eigenvalue weighted by molar-refractivity contribution is 5.76. The molecule has 0 atom stereocenters. The van der Waals surface area contributed by atoms with Crippen LogP contribution in [0.4, 0.5) is 0 Å². The third-order valence-electron chi connectivity index (χ3n) is 5.58. The number of nitrogens with zero attached hydrogens (tertiary/aromatic N) is 2. The molecule has 0 aliphatic heterocycles. The van der Waals surface area contributed by atoms with Crippen molar-refractivity contribution in [2.24, 2.45) is 0 Å². The number of carbonyl (C=O) groups is 1. The van der Waals surface area contributed by atoms with Gasteiger partial charge in [0.15, 0.2) is 0 Å². The molecule has 3 rings (SSSR count). The van der Waals surface area contributed by atoms with Crippen molar-refractivity contribution in [1.29, 1.82) is 0 Å². The predicted molar refractivity (Wildman–Crippen MR) is 127 cm³/mol. The van der Waals surface area contributed by atoms with E-state index in [1.165, 1.54) is 11.1 Å².